The highest BCUT2D eigenvalue weighted by atomic mass is 16.5. The number of nitrogens with zero attached hydrogens (tertiary/aromatic N) is 3. The highest BCUT2D eigenvalue weighted by Crippen LogP contribution is 2.56. The summed E-state index contributed by atoms with van der Waals surface area (Å²) in [5.41, 5.74) is 0.0394. The topological polar surface area (TPSA) is 42.2 Å². The van der Waals surface area contributed by atoms with Gasteiger partial charge in [-0.1, -0.05) is 12.1 Å². The number of hydrogen-bond acceptors (Lipinski definition) is 4. The Bertz CT molecular complexity index is 428. The average Bonchev–Trinajstić information content (AvgIpc) is 2.62. The third kappa shape index (κ3) is 1.46. The molecule has 4 heteroatoms. The fourth-order valence-electron chi connectivity index (χ4n) is 4.03. The van der Waals surface area contributed by atoms with E-state index in [1.807, 2.05) is 6.92 Å². The van der Waals surface area contributed by atoms with Gasteiger partial charge in [0, 0.05) is 12.1 Å². The van der Waals surface area contributed by atoms with Crippen LogP contribution in [0.25, 0.3) is 0 Å². The summed E-state index contributed by atoms with van der Waals surface area (Å²) in [7, 11) is 0. The maximum absolute atomic E-state index is 5.47. The van der Waals surface area contributed by atoms with E-state index in [1.165, 1.54) is 12.8 Å². The number of aromatic nitrogens is 2. The van der Waals surface area contributed by atoms with Crippen LogP contribution in [0.1, 0.15) is 51.7 Å². The first-order chi connectivity index (χ1) is 8.03. The molecule has 0 amide bonds. The molecule has 3 atom stereocenters. The minimum absolute atomic E-state index is 0.0394. The van der Waals surface area contributed by atoms with Crippen molar-refractivity contribution in [1.29, 1.82) is 0 Å². The van der Waals surface area contributed by atoms with Crippen molar-refractivity contribution in [1.82, 2.24) is 15.0 Å². The molecule has 0 radical (unpaired) electrons. The first-order valence-electron chi connectivity index (χ1n) is 6.62. The van der Waals surface area contributed by atoms with E-state index in [0.29, 0.717) is 12.1 Å². The lowest BCUT2D eigenvalue weighted by molar-refractivity contribution is -0.168. The van der Waals surface area contributed by atoms with E-state index >= 15 is 0 Å². The van der Waals surface area contributed by atoms with Crippen LogP contribution in [-0.4, -0.2) is 27.1 Å². The molecule has 3 fully saturated rings. The van der Waals surface area contributed by atoms with Crippen LogP contribution in [0.5, 0.6) is 0 Å². The van der Waals surface area contributed by atoms with Gasteiger partial charge in [0.1, 0.15) is 5.54 Å². The van der Waals surface area contributed by atoms with E-state index < -0.39 is 0 Å². The quantitative estimate of drug-likeness (QED) is 0.789. The zero-order valence-corrected chi connectivity index (χ0v) is 11.1. The van der Waals surface area contributed by atoms with E-state index in [2.05, 4.69) is 35.8 Å². The van der Waals surface area contributed by atoms with Crippen LogP contribution >= 0.6 is 0 Å². The van der Waals surface area contributed by atoms with E-state index in [-0.39, 0.29) is 5.54 Å². The van der Waals surface area contributed by atoms with Crippen molar-refractivity contribution in [2.75, 3.05) is 0 Å². The zero-order valence-electron chi connectivity index (χ0n) is 11.1. The molecule has 0 spiro atoms. The van der Waals surface area contributed by atoms with Crippen LogP contribution in [0.2, 0.25) is 0 Å². The summed E-state index contributed by atoms with van der Waals surface area (Å²) in [4.78, 5) is 7.07. The first-order valence-corrected chi connectivity index (χ1v) is 6.62. The SMILES string of the molecule is Cc1noc(C23CC(C)CC(C2)N3C(C)C)n1. The van der Waals surface area contributed by atoms with Gasteiger partial charge in [-0.3, -0.25) is 4.90 Å². The van der Waals surface area contributed by atoms with Gasteiger partial charge in [0.15, 0.2) is 5.82 Å². The Balaban J connectivity index is 1.98. The standard InChI is InChI=1S/C13H21N3O/c1-8(2)16-11-5-9(3)6-13(16,7-11)12-14-10(4)15-17-12/h8-9,11H,5-7H2,1-4H3. The van der Waals surface area contributed by atoms with Crippen molar-refractivity contribution in [3.63, 3.8) is 0 Å². The van der Waals surface area contributed by atoms with Crippen molar-refractivity contribution >= 4 is 0 Å². The molecule has 1 aromatic rings. The largest absolute Gasteiger partial charge is 0.337 e. The molecule has 1 aromatic heterocycles. The Hall–Kier alpha value is -0.900. The Morgan fingerprint density at radius 2 is 2.18 bits per heavy atom. The lowest BCUT2D eigenvalue weighted by atomic mass is 9.63. The van der Waals surface area contributed by atoms with Gasteiger partial charge in [0.25, 0.3) is 0 Å². The summed E-state index contributed by atoms with van der Waals surface area (Å²) < 4.78 is 5.47. The normalized spacial score (nSPS) is 37.2. The number of piperidine rings is 1. The summed E-state index contributed by atoms with van der Waals surface area (Å²) in [5, 5.41) is 3.97. The minimum Gasteiger partial charge on any atom is -0.337 e. The predicted octanol–water partition coefficient (Wildman–Crippen LogP) is 2.49. The Morgan fingerprint density at radius 1 is 1.41 bits per heavy atom. The van der Waals surface area contributed by atoms with Gasteiger partial charge in [-0.05, 0) is 46.0 Å². The summed E-state index contributed by atoms with van der Waals surface area (Å²) in [6.07, 6.45) is 3.66. The zero-order chi connectivity index (χ0) is 12.2. The molecule has 3 aliphatic rings. The van der Waals surface area contributed by atoms with E-state index in [9.17, 15) is 0 Å². The molecule has 4 rings (SSSR count). The molecule has 0 aromatic carbocycles. The van der Waals surface area contributed by atoms with Crippen LogP contribution in [-0.2, 0) is 5.54 Å². The van der Waals surface area contributed by atoms with E-state index in [4.69, 9.17) is 4.52 Å². The van der Waals surface area contributed by atoms with Gasteiger partial charge in [-0.25, -0.2) is 0 Å². The van der Waals surface area contributed by atoms with E-state index in [1.54, 1.807) is 0 Å². The maximum Gasteiger partial charge on any atom is 0.247 e. The summed E-state index contributed by atoms with van der Waals surface area (Å²) in [6, 6.07) is 1.26. The van der Waals surface area contributed by atoms with Gasteiger partial charge in [-0.15, -0.1) is 0 Å². The Labute approximate surface area is 102 Å². The molecule has 2 saturated heterocycles. The molecule has 3 unspecified atom stereocenters. The number of aryl methyl sites for hydroxylation is 1. The molecular weight excluding hydrogens is 214 g/mol. The highest BCUT2D eigenvalue weighted by molar-refractivity contribution is 5.18. The number of fused-ring (bicyclic) bond motifs is 2. The smallest absolute Gasteiger partial charge is 0.247 e. The minimum atomic E-state index is 0.0394. The van der Waals surface area contributed by atoms with Crippen molar-refractivity contribution in [3.05, 3.63) is 11.7 Å². The first kappa shape index (κ1) is 11.2. The van der Waals surface area contributed by atoms with Crippen LogP contribution < -0.4 is 0 Å². The maximum atomic E-state index is 5.47. The third-order valence-electron chi connectivity index (χ3n) is 4.30. The van der Waals surface area contributed by atoms with Crippen LogP contribution in [0, 0.1) is 12.8 Å². The number of rotatable bonds is 2. The molecule has 4 nitrogen and oxygen atoms in total. The summed E-state index contributed by atoms with van der Waals surface area (Å²) >= 11 is 0. The van der Waals surface area contributed by atoms with Gasteiger partial charge in [0.2, 0.25) is 5.89 Å². The lowest BCUT2D eigenvalue weighted by Gasteiger charge is -2.63. The van der Waals surface area contributed by atoms with Gasteiger partial charge >= 0.3 is 0 Å². The lowest BCUT2D eigenvalue weighted by Crippen LogP contribution is -2.69. The van der Waals surface area contributed by atoms with Crippen molar-refractivity contribution < 1.29 is 4.52 Å². The van der Waals surface area contributed by atoms with Crippen LogP contribution in [0.15, 0.2) is 4.52 Å². The molecule has 2 aliphatic heterocycles. The second-order valence-electron chi connectivity index (χ2n) is 6.08. The second-order valence-corrected chi connectivity index (χ2v) is 6.08. The molecule has 1 saturated carbocycles. The Kier molecular flexibility index (Phi) is 2.34. The molecule has 17 heavy (non-hydrogen) atoms. The predicted molar refractivity (Wildman–Crippen MR) is 64.5 cm³/mol. The monoisotopic (exact) mass is 235 g/mol. The third-order valence-corrected chi connectivity index (χ3v) is 4.30. The molecule has 1 aliphatic carbocycles. The fourth-order valence-corrected chi connectivity index (χ4v) is 4.03. The van der Waals surface area contributed by atoms with E-state index in [0.717, 1.165) is 24.1 Å². The molecule has 3 heterocycles. The van der Waals surface area contributed by atoms with Gasteiger partial charge in [0.05, 0.1) is 0 Å². The van der Waals surface area contributed by atoms with Crippen molar-refractivity contribution in [2.45, 2.75) is 64.6 Å². The number of hydrogen-bond donors (Lipinski definition) is 0. The summed E-state index contributed by atoms with van der Waals surface area (Å²) in [5.74, 6) is 2.35. The highest BCUT2D eigenvalue weighted by Gasteiger charge is 2.60. The summed E-state index contributed by atoms with van der Waals surface area (Å²) in [6.45, 7) is 8.76. The Morgan fingerprint density at radius 3 is 2.76 bits per heavy atom. The molecule has 0 N–H and O–H groups in total. The van der Waals surface area contributed by atoms with Crippen LogP contribution in [0.3, 0.4) is 0 Å². The molecule has 94 valence electrons. The van der Waals surface area contributed by atoms with Crippen LogP contribution in [0.4, 0.5) is 0 Å². The van der Waals surface area contributed by atoms with Crippen molar-refractivity contribution in [3.8, 4) is 0 Å². The molecular formula is C13H21N3O. The molecule has 2 bridgehead atoms. The second kappa shape index (κ2) is 3.55. The van der Waals surface area contributed by atoms with Gasteiger partial charge < -0.3 is 4.52 Å². The fraction of sp³-hybridized carbons (Fsp3) is 0.846. The van der Waals surface area contributed by atoms with Crippen molar-refractivity contribution in [2.24, 2.45) is 5.92 Å². The van der Waals surface area contributed by atoms with Gasteiger partial charge in [-0.2, -0.15) is 4.98 Å². The average molecular weight is 235 g/mol.